The van der Waals surface area contributed by atoms with Gasteiger partial charge < -0.3 is 4.74 Å². The molecule has 0 radical (unpaired) electrons. The average molecular weight is 387 g/mol. The first kappa shape index (κ1) is 17.0. The smallest absolute Gasteiger partial charge is 0.281 e. The number of anilines is 1. The van der Waals surface area contributed by atoms with Gasteiger partial charge in [0.25, 0.3) is 10.0 Å². The minimum Gasteiger partial charge on any atom is -0.495 e. The fourth-order valence-corrected chi connectivity index (χ4v) is 4.77. The summed E-state index contributed by atoms with van der Waals surface area (Å²) >= 11 is 7.40. The van der Waals surface area contributed by atoms with Crippen LogP contribution in [0.3, 0.4) is 0 Å². The zero-order valence-electron chi connectivity index (χ0n) is 13.2. The quantitative estimate of drug-likeness (QED) is 0.728. The van der Waals surface area contributed by atoms with Gasteiger partial charge in [-0.1, -0.05) is 29.9 Å². The van der Waals surface area contributed by atoms with Crippen molar-refractivity contribution in [1.29, 1.82) is 0 Å². The molecule has 0 aliphatic carbocycles. The van der Waals surface area contributed by atoms with Crippen molar-refractivity contribution in [3.63, 3.8) is 0 Å². The van der Waals surface area contributed by atoms with Crippen LogP contribution in [0.2, 0.25) is 5.02 Å². The van der Waals surface area contributed by atoms with Gasteiger partial charge in [0.05, 0.1) is 23.5 Å². The molecule has 0 unspecified atom stereocenters. The Bertz CT molecular complexity index is 1010. The number of ether oxygens (including phenoxy) is 1. The number of nitrogens with one attached hydrogen (secondary N) is 1. The van der Waals surface area contributed by atoms with Gasteiger partial charge in [-0.05, 0) is 31.5 Å². The van der Waals surface area contributed by atoms with E-state index in [0.717, 1.165) is 5.01 Å². The Kier molecular flexibility index (Phi) is 4.41. The van der Waals surface area contributed by atoms with Gasteiger partial charge in [0.2, 0.25) is 9.99 Å². The predicted molar refractivity (Wildman–Crippen MR) is 93.8 cm³/mol. The molecule has 0 spiro atoms. The second kappa shape index (κ2) is 6.23. The van der Waals surface area contributed by atoms with Crippen molar-refractivity contribution in [3.05, 3.63) is 33.9 Å². The second-order valence-corrected chi connectivity index (χ2v) is 8.15. The zero-order chi connectivity index (χ0) is 17.5. The fourth-order valence-electron chi connectivity index (χ4n) is 2.30. The SMILES string of the molecule is CCc1nc2sc(C)nn2c1S(=O)(=O)Nc1ccc(OC)c(Cl)c1. The lowest BCUT2D eigenvalue weighted by molar-refractivity contribution is 0.415. The largest absolute Gasteiger partial charge is 0.495 e. The van der Waals surface area contributed by atoms with E-state index >= 15 is 0 Å². The van der Waals surface area contributed by atoms with E-state index in [1.807, 2.05) is 6.92 Å². The van der Waals surface area contributed by atoms with Crippen molar-refractivity contribution in [1.82, 2.24) is 14.6 Å². The van der Waals surface area contributed by atoms with Crippen LogP contribution in [0, 0.1) is 6.92 Å². The molecule has 0 amide bonds. The third-order valence-electron chi connectivity index (χ3n) is 3.32. The number of imidazole rings is 1. The number of rotatable bonds is 5. The molecule has 10 heteroatoms. The van der Waals surface area contributed by atoms with E-state index in [2.05, 4.69) is 14.8 Å². The minimum atomic E-state index is -3.87. The molecule has 0 atom stereocenters. The lowest BCUT2D eigenvalue weighted by Gasteiger charge is -2.10. The van der Waals surface area contributed by atoms with Gasteiger partial charge >= 0.3 is 0 Å². The van der Waals surface area contributed by atoms with E-state index < -0.39 is 10.0 Å². The molecule has 0 saturated heterocycles. The Hall–Kier alpha value is -1.84. The monoisotopic (exact) mass is 386 g/mol. The van der Waals surface area contributed by atoms with Crippen molar-refractivity contribution in [2.75, 3.05) is 11.8 Å². The number of halogens is 1. The van der Waals surface area contributed by atoms with E-state index in [0.29, 0.717) is 33.5 Å². The number of hydrogen-bond acceptors (Lipinski definition) is 6. The number of sulfonamides is 1. The van der Waals surface area contributed by atoms with Crippen LogP contribution in [-0.2, 0) is 16.4 Å². The molecule has 0 aliphatic rings. The normalized spacial score (nSPS) is 11.8. The van der Waals surface area contributed by atoms with Gasteiger partial charge in [0.15, 0.2) is 0 Å². The molecule has 3 rings (SSSR count). The first-order valence-corrected chi connectivity index (χ1v) is 9.75. The average Bonchev–Trinajstić information content (AvgIpc) is 3.02. The highest BCUT2D eigenvalue weighted by atomic mass is 35.5. The summed E-state index contributed by atoms with van der Waals surface area (Å²) in [4.78, 5) is 4.91. The molecule has 128 valence electrons. The number of methoxy groups -OCH3 is 1. The first-order valence-electron chi connectivity index (χ1n) is 7.07. The molecule has 7 nitrogen and oxygen atoms in total. The Morgan fingerprint density at radius 2 is 2.17 bits per heavy atom. The van der Waals surface area contributed by atoms with E-state index in [9.17, 15) is 8.42 Å². The number of nitrogens with zero attached hydrogens (tertiary/aromatic N) is 3. The van der Waals surface area contributed by atoms with Crippen LogP contribution in [0.25, 0.3) is 4.96 Å². The van der Waals surface area contributed by atoms with Gasteiger partial charge in [-0.3, -0.25) is 4.72 Å². The Morgan fingerprint density at radius 3 is 2.79 bits per heavy atom. The highest BCUT2D eigenvalue weighted by Gasteiger charge is 2.27. The second-order valence-electron chi connectivity index (χ2n) is 4.99. The van der Waals surface area contributed by atoms with Gasteiger partial charge in [-0.25, -0.2) is 4.98 Å². The Balaban J connectivity index is 2.06. The summed E-state index contributed by atoms with van der Waals surface area (Å²) in [6.07, 6.45) is 0.481. The summed E-state index contributed by atoms with van der Waals surface area (Å²) < 4.78 is 34.7. The Morgan fingerprint density at radius 1 is 1.42 bits per heavy atom. The van der Waals surface area contributed by atoms with Crippen molar-refractivity contribution < 1.29 is 13.2 Å². The number of aryl methyl sites for hydroxylation is 2. The van der Waals surface area contributed by atoms with Gasteiger partial charge in [0, 0.05) is 0 Å². The standard InChI is InChI=1S/C14H15ClN4O3S2/c1-4-11-13(19-14(16-11)23-8(2)17-19)24(20,21)18-9-5-6-12(22-3)10(15)7-9/h5-7,18H,4H2,1-3H3. The van der Waals surface area contributed by atoms with Crippen LogP contribution in [0.15, 0.2) is 23.2 Å². The Labute approximate surface area is 148 Å². The number of hydrogen-bond donors (Lipinski definition) is 1. The van der Waals surface area contributed by atoms with Gasteiger partial charge in [-0.15, -0.1) is 0 Å². The van der Waals surface area contributed by atoms with Crippen molar-refractivity contribution in [3.8, 4) is 5.75 Å². The maximum Gasteiger partial charge on any atom is 0.281 e. The predicted octanol–water partition coefficient (Wildman–Crippen LogP) is 3.12. The highest BCUT2D eigenvalue weighted by Crippen LogP contribution is 2.29. The van der Waals surface area contributed by atoms with Crippen molar-refractivity contribution in [2.45, 2.75) is 25.3 Å². The third kappa shape index (κ3) is 2.94. The molecule has 2 aromatic heterocycles. The maximum absolute atomic E-state index is 12.8. The number of benzene rings is 1. The lowest BCUT2D eigenvalue weighted by atomic mass is 10.3. The minimum absolute atomic E-state index is 0.0521. The lowest BCUT2D eigenvalue weighted by Crippen LogP contribution is -2.17. The molecule has 1 aromatic carbocycles. The molecule has 0 saturated carbocycles. The first-order chi connectivity index (χ1) is 11.4. The molecule has 2 heterocycles. The molecule has 3 aromatic rings. The fraction of sp³-hybridized carbons (Fsp3) is 0.286. The van der Waals surface area contributed by atoms with Crippen LogP contribution in [0.1, 0.15) is 17.6 Å². The van der Waals surface area contributed by atoms with Crippen LogP contribution in [-0.4, -0.2) is 30.1 Å². The van der Waals surface area contributed by atoms with Gasteiger partial charge in [-0.2, -0.15) is 18.0 Å². The van der Waals surface area contributed by atoms with Gasteiger partial charge in [0.1, 0.15) is 10.8 Å². The van der Waals surface area contributed by atoms with Crippen molar-refractivity contribution >= 4 is 43.6 Å². The van der Waals surface area contributed by atoms with Crippen LogP contribution in [0.5, 0.6) is 5.75 Å². The highest BCUT2D eigenvalue weighted by molar-refractivity contribution is 7.92. The molecule has 0 bridgehead atoms. The topological polar surface area (TPSA) is 85.6 Å². The summed E-state index contributed by atoms with van der Waals surface area (Å²) in [6.45, 7) is 3.65. The molecule has 24 heavy (non-hydrogen) atoms. The van der Waals surface area contributed by atoms with E-state index in [-0.39, 0.29) is 5.03 Å². The van der Waals surface area contributed by atoms with E-state index in [1.165, 1.54) is 29.0 Å². The summed E-state index contributed by atoms with van der Waals surface area (Å²) in [5.74, 6) is 0.468. The molecule has 0 aliphatic heterocycles. The summed E-state index contributed by atoms with van der Waals surface area (Å²) in [5, 5.41) is 5.35. The molecular weight excluding hydrogens is 372 g/mol. The van der Waals surface area contributed by atoms with E-state index in [1.54, 1.807) is 19.1 Å². The number of aromatic nitrogens is 3. The summed E-state index contributed by atoms with van der Waals surface area (Å²) in [7, 11) is -2.37. The maximum atomic E-state index is 12.8. The van der Waals surface area contributed by atoms with E-state index in [4.69, 9.17) is 16.3 Å². The summed E-state index contributed by atoms with van der Waals surface area (Å²) in [6, 6.07) is 4.67. The number of fused-ring (bicyclic) bond motifs is 1. The summed E-state index contributed by atoms with van der Waals surface area (Å²) in [5.41, 5.74) is 0.811. The molecule has 0 fully saturated rings. The van der Waals surface area contributed by atoms with Crippen LogP contribution >= 0.6 is 22.9 Å². The third-order valence-corrected chi connectivity index (χ3v) is 5.87. The zero-order valence-corrected chi connectivity index (χ0v) is 15.6. The molecular formula is C14H15ClN4O3S2. The molecule has 1 N–H and O–H groups in total. The van der Waals surface area contributed by atoms with Crippen molar-refractivity contribution in [2.24, 2.45) is 0 Å². The van der Waals surface area contributed by atoms with Crippen LogP contribution < -0.4 is 9.46 Å². The van der Waals surface area contributed by atoms with Crippen LogP contribution in [0.4, 0.5) is 5.69 Å².